The van der Waals surface area contributed by atoms with Crippen molar-refractivity contribution in [3.05, 3.63) is 99.3 Å². The van der Waals surface area contributed by atoms with Gasteiger partial charge in [-0.1, -0.05) is 31.7 Å². The number of halogens is 4. The zero-order chi connectivity index (χ0) is 29.5. The molecule has 0 bridgehead atoms. The van der Waals surface area contributed by atoms with Gasteiger partial charge >= 0.3 is 11.9 Å². The average molecular weight is 566 g/mol. The van der Waals surface area contributed by atoms with Crippen molar-refractivity contribution in [2.45, 2.75) is 44.6 Å². The van der Waals surface area contributed by atoms with Gasteiger partial charge in [0.05, 0.1) is 17.3 Å². The van der Waals surface area contributed by atoms with Crippen molar-refractivity contribution in [3.8, 4) is 0 Å². The van der Waals surface area contributed by atoms with E-state index in [4.69, 9.17) is 6.57 Å². The largest absolute Gasteiger partial charge is 0.433 e. The molecule has 8 nitrogen and oxygen atoms in total. The van der Waals surface area contributed by atoms with Crippen LogP contribution >= 0.6 is 0 Å². The number of nitrogens with zero attached hydrogens (tertiary/aromatic N) is 7. The van der Waals surface area contributed by atoms with Crippen molar-refractivity contribution < 1.29 is 17.6 Å². The van der Waals surface area contributed by atoms with Crippen molar-refractivity contribution in [1.29, 1.82) is 0 Å². The number of piperazine rings is 1. The third-order valence-corrected chi connectivity index (χ3v) is 7.53. The number of alkyl halides is 3. The van der Waals surface area contributed by atoms with E-state index in [9.17, 15) is 22.4 Å². The van der Waals surface area contributed by atoms with Crippen LogP contribution in [0.5, 0.6) is 0 Å². The summed E-state index contributed by atoms with van der Waals surface area (Å²) in [7, 11) is 1.59. The minimum Gasteiger partial charge on any atom is -0.361 e. The van der Waals surface area contributed by atoms with E-state index in [1.807, 2.05) is 18.7 Å². The van der Waals surface area contributed by atoms with Crippen LogP contribution < -0.4 is 10.6 Å². The molecular formula is C29H27F4N7O. The Bertz CT molecular complexity index is 1680. The van der Waals surface area contributed by atoms with Crippen LogP contribution in [0, 0.1) is 12.4 Å². The van der Waals surface area contributed by atoms with Gasteiger partial charge in [0.1, 0.15) is 11.5 Å². The topological polar surface area (TPSA) is 71.5 Å². The van der Waals surface area contributed by atoms with Gasteiger partial charge in [0.25, 0.3) is 5.82 Å². The third-order valence-electron chi connectivity index (χ3n) is 7.53. The van der Waals surface area contributed by atoms with E-state index in [0.717, 1.165) is 6.07 Å². The summed E-state index contributed by atoms with van der Waals surface area (Å²) >= 11 is 0. The second kappa shape index (κ2) is 10.9. The van der Waals surface area contributed by atoms with Gasteiger partial charge in [-0.2, -0.15) is 18.2 Å². The van der Waals surface area contributed by atoms with Gasteiger partial charge in [-0.05, 0) is 55.3 Å². The number of aryl methyl sites for hydroxylation is 1. The second-order valence-corrected chi connectivity index (χ2v) is 10.1. The van der Waals surface area contributed by atoms with Crippen LogP contribution in [-0.4, -0.2) is 49.6 Å². The van der Waals surface area contributed by atoms with Crippen LogP contribution in [0.25, 0.3) is 15.9 Å². The van der Waals surface area contributed by atoms with Crippen molar-refractivity contribution >= 4 is 22.7 Å². The maximum atomic E-state index is 13.8. The molecule has 0 aliphatic carbocycles. The van der Waals surface area contributed by atoms with Crippen molar-refractivity contribution in [3.63, 3.8) is 0 Å². The maximum absolute atomic E-state index is 13.8. The molecule has 0 N–H and O–H groups in total. The molecule has 4 heterocycles. The zero-order valence-electron chi connectivity index (χ0n) is 22.6. The molecule has 3 aromatic heterocycles. The fourth-order valence-corrected chi connectivity index (χ4v) is 5.43. The first-order valence-electron chi connectivity index (χ1n) is 13.1. The lowest BCUT2D eigenvalue weighted by molar-refractivity contribution is -0.141. The first-order valence-corrected chi connectivity index (χ1v) is 13.1. The van der Waals surface area contributed by atoms with E-state index in [2.05, 4.69) is 24.7 Å². The van der Waals surface area contributed by atoms with Crippen LogP contribution in [0.3, 0.4) is 0 Å². The molecular weight excluding hydrogens is 538 g/mol. The minimum absolute atomic E-state index is 0.172. The fraction of sp³-hybridized carbons (Fsp3) is 0.345. The lowest BCUT2D eigenvalue weighted by Crippen LogP contribution is -2.59. The Kier molecular flexibility index (Phi) is 7.48. The van der Waals surface area contributed by atoms with Crippen LogP contribution in [0.2, 0.25) is 0 Å². The van der Waals surface area contributed by atoms with Crippen molar-refractivity contribution in [1.82, 2.24) is 24.4 Å². The Morgan fingerprint density at radius 3 is 2.44 bits per heavy atom. The predicted octanol–water partition coefficient (Wildman–Crippen LogP) is 5.51. The molecule has 0 spiro atoms. The standard InChI is InChI=1S/C29H27F4N7O/c1-5-20-16-39(26(18-9-11-19(30)12-10-18)21-7-6-8-23(35-21)29(31,32)33)17(2)15-40(20)27-25-22(38(4)28(41)37-27)13-14-24(34-3)36-25/h6-14,17,20,26H,5,15-16H2,1-2,4H3/t17-,20+,26?/m1/s1. The van der Waals surface area contributed by atoms with Gasteiger partial charge in [-0.15, -0.1) is 4.98 Å². The van der Waals surface area contributed by atoms with E-state index in [1.165, 1.54) is 22.8 Å². The highest BCUT2D eigenvalue weighted by Crippen LogP contribution is 2.37. The lowest BCUT2D eigenvalue weighted by Gasteiger charge is -2.48. The summed E-state index contributed by atoms with van der Waals surface area (Å²) in [5.74, 6) is 0.0806. The lowest BCUT2D eigenvalue weighted by atomic mass is 9.95. The van der Waals surface area contributed by atoms with Gasteiger partial charge in [0, 0.05) is 32.2 Å². The van der Waals surface area contributed by atoms with E-state index in [0.29, 0.717) is 41.9 Å². The normalized spacial score (nSPS) is 18.8. The Hall–Kier alpha value is -4.37. The molecule has 1 saturated heterocycles. The molecule has 1 aromatic carbocycles. The monoisotopic (exact) mass is 565 g/mol. The van der Waals surface area contributed by atoms with Crippen LogP contribution in [0.15, 0.2) is 59.4 Å². The summed E-state index contributed by atoms with van der Waals surface area (Å²) in [4.78, 5) is 33.1. The summed E-state index contributed by atoms with van der Waals surface area (Å²) in [6.45, 7) is 12.1. The molecule has 41 heavy (non-hydrogen) atoms. The number of hydrogen-bond acceptors (Lipinski definition) is 6. The van der Waals surface area contributed by atoms with Gasteiger partial charge in [0.2, 0.25) is 5.52 Å². The fourth-order valence-electron chi connectivity index (χ4n) is 5.43. The Morgan fingerprint density at radius 1 is 1.05 bits per heavy atom. The molecule has 212 valence electrons. The highest BCUT2D eigenvalue weighted by Gasteiger charge is 2.39. The molecule has 1 aliphatic rings. The smallest absolute Gasteiger partial charge is 0.361 e. The number of benzene rings is 1. The Balaban J connectivity index is 1.60. The summed E-state index contributed by atoms with van der Waals surface area (Å²) < 4.78 is 56.1. The molecule has 1 unspecified atom stereocenters. The highest BCUT2D eigenvalue weighted by molar-refractivity contribution is 5.87. The number of hydrogen-bond donors (Lipinski definition) is 0. The first kappa shape index (κ1) is 28.2. The minimum atomic E-state index is -4.62. The quantitative estimate of drug-likeness (QED) is 0.235. The molecule has 0 saturated carbocycles. The summed E-state index contributed by atoms with van der Waals surface area (Å²) in [5.41, 5.74) is 0.296. The van der Waals surface area contributed by atoms with Gasteiger partial charge in [-0.25, -0.2) is 14.2 Å². The van der Waals surface area contributed by atoms with E-state index in [-0.39, 0.29) is 23.6 Å². The number of rotatable bonds is 5. The number of aromatic nitrogens is 4. The number of pyridine rings is 2. The maximum Gasteiger partial charge on any atom is 0.433 e. The van der Waals surface area contributed by atoms with Crippen LogP contribution in [0.1, 0.15) is 43.3 Å². The average Bonchev–Trinajstić information content (AvgIpc) is 2.96. The van der Waals surface area contributed by atoms with E-state index in [1.54, 1.807) is 37.4 Å². The zero-order valence-corrected chi connectivity index (χ0v) is 22.6. The Labute approximate surface area is 233 Å². The van der Waals surface area contributed by atoms with Crippen LogP contribution in [-0.2, 0) is 13.2 Å². The van der Waals surface area contributed by atoms with Crippen LogP contribution in [0.4, 0.5) is 29.2 Å². The molecule has 3 atom stereocenters. The molecule has 5 rings (SSSR count). The highest BCUT2D eigenvalue weighted by atomic mass is 19.4. The third kappa shape index (κ3) is 5.37. The van der Waals surface area contributed by atoms with Crippen molar-refractivity contribution in [2.24, 2.45) is 7.05 Å². The predicted molar refractivity (Wildman–Crippen MR) is 146 cm³/mol. The molecule has 4 aromatic rings. The Morgan fingerprint density at radius 2 is 1.78 bits per heavy atom. The van der Waals surface area contributed by atoms with E-state index < -0.39 is 29.4 Å². The van der Waals surface area contributed by atoms with Gasteiger partial charge in [-0.3, -0.25) is 9.47 Å². The van der Waals surface area contributed by atoms with Gasteiger partial charge in [0.15, 0.2) is 5.82 Å². The molecule has 0 radical (unpaired) electrons. The molecule has 1 aliphatic heterocycles. The van der Waals surface area contributed by atoms with Crippen molar-refractivity contribution in [2.75, 3.05) is 18.0 Å². The number of anilines is 1. The summed E-state index contributed by atoms with van der Waals surface area (Å²) in [5, 5.41) is 0. The van der Waals surface area contributed by atoms with E-state index >= 15 is 0 Å². The van der Waals surface area contributed by atoms with Gasteiger partial charge < -0.3 is 9.74 Å². The first-order chi connectivity index (χ1) is 19.5. The summed E-state index contributed by atoms with van der Waals surface area (Å²) in [6, 6.07) is 11.6. The number of fused-ring (bicyclic) bond motifs is 1. The summed E-state index contributed by atoms with van der Waals surface area (Å²) in [6.07, 6.45) is -4.00. The SMILES string of the molecule is [C-]#[N+]c1ccc2c(n1)c(N1C[C@@H](C)N(C(c3ccc(F)cc3)c3cccc(C(F)(F)F)n3)C[C@@H]1CC)nc(=O)n2C. The second-order valence-electron chi connectivity index (χ2n) is 10.1. The molecule has 1 fully saturated rings. The molecule has 12 heteroatoms. The molecule has 0 amide bonds.